The van der Waals surface area contributed by atoms with Crippen molar-refractivity contribution >= 4 is 29.9 Å². The van der Waals surface area contributed by atoms with Gasteiger partial charge >= 0.3 is 0 Å². The van der Waals surface area contributed by atoms with Crippen LogP contribution in [0, 0.1) is 5.41 Å². The first kappa shape index (κ1) is 20.2. The lowest BCUT2D eigenvalue weighted by Crippen LogP contribution is -2.46. The maximum Gasteiger partial charge on any atom is 0.239 e. The maximum absolute atomic E-state index is 11.7. The third kappa shape index (κ3) is 7.67. The van der Waals surface area contributed by atoms with Crippen LogP contribution in [0.15, 0.2) is 24.3 Å². The largest absolute Gasteiger partial charge is 0.383 e. The van der Waals surface area contributed by atoms with Gasteiger partial charge in [-0.2, -0.15) is 0 Å². The molecule has 1 amide bonds. The molecule has 0 fully saturated rings. The van der Waals surface area contributed by atoms with E-state index in [0.29, 0.717) is 6.54 Å². The molecule has 1 aromatic rings. The first-order valence-corrected chi connectivity index (χ1v) is 6.98. The summed E-state index contributed by atoms with van der Waals surface area (Å²) in [5.41, 5.74) is 6.75. The van der Waals surface area contributed by atoms with Gasteiger partial charge in [-0.1, -0.05) is 37.6 Å². The number of ether oxygens (including phenoxy) is 1. The van der Waals surface area contributed by atoms with Crippen molar-refractivity contribution in [1.82, 2.24) is 5.32 Å². The molecule has 0 aromatic heterocycles. The lowest BCUT2D eigenvalue weighted by molar-refractivity contribution is -0.123. The summed E-state index contributed by atoms with van der Waals surface area (Å²) >= 11 is 5.98. The molecule has 21 heavy (non-hydrogen) atoms. The van der Waals surface area contributed by atoms with Crippen molar-refractivity contribution in [2.75, 3.05) is 20.3 Å². The van der Waals surface area contributed by atoms with Crippen molar-refractivity contribution in [3.8, 4) is 0 Å². The molecule has 0 aliphatic rings. The van der Waals surface area contributed by atoms with E-state index in [1.807, 2.05) is 24.3 Å². The Hall–Kier alpha value is -0.810. The third-order valence-electron chi connectivity index (χ3n) is 3.00. The fourth-order valence-corrected chi connectivity index (χ4v) is 2.19. The summed E-state index contributed by atoms with van der Waals surface area (Å²) in [5.74, 6) is -0.189. The fraction of sp³-hybridized carbons (Fsp3) is 0.533. The highest BCUT2D eigenvalue weighted by Crippen LogP contribution is 2.22. The van der Waals surface area contributed by atoms with Gasteiger partial charge in [0.1, 0.15) is 6.04 Å². The van der Waals surface area contributed by atoms with Crippen LogP contribution in [0.4, 0.5) is 0 Å². The van der Waals surface area contributed by atoms with Crippen LogP contribution in [0.1, 0.15) is 19.4 Å². The molecule has 0 bridgehead atoms. The Bertz CT molecular complexity index is 453. The molecule has 0 radical (unpaired) electrons. The average Bonchev–Trinajstić information content (AvgIpc) is 2.35. The number of halogens is 2. The smallest absolute Gasteiger partial charge is 0.239 e. The SMILES string of the molecule is COCC(N)C(=O)NCC(C)(C)Cc1cccc(Cl)c1.Cl. The number of nitrogens with two attached hydrogens (primary N) is 1. The van der Waals surface area contributed by atoms with E-state index in [1.165, 1.54) is 7.11 Å². The standard InChI is InChI=1S/C15H23ClN2O2.ClH/c1-15(2,8-11-5-4-6-12(16)7-11)10-18-14(19)13(17)9-20-3;/h4-7,13H,8-10,17H2,1-3H3,(H,18,19);1H. The van der Waals surface area contributed by atoms with Gasteiger partial charge in [0.25, 0.3) is 0 Å². The second-order valence-electron chi connectivity index (χ2n) is 5.75. The molecular formula is C15H24Cl2N2O2. The molecule has 120 valence electrons. The van der Waals surface area contributed by atoms with Crippen LogP contribution < -0.4 is 11.1 Å². The van der Waals surface area contributed by atoms with E-state index < -0.39 is 6.04 Å². The third-order valence-corrected chi connectivity index (χ3v) is 3.23. The minimum atomic E-state index is -0.623. The highest BCUT2D eigenvalue weighted by molar-refractivity contribution is 6.30. The second kappa shape index (κ2) is 9.26. The first-order valence-electron chi connectivity index (χ1n) is 6.61. The summed E-state index contributed by atoms with van der Waals surface area (Å²) in [6.45, 7) is 4.96. The van der Waals surface area contributed by atoms with Crippen molar-refractivity contribution in [3.63, 3.8) is 0 Å². The zero-order chi connectivity index (χ0) is 15.2. The van der Waals surface area contributed by atoms with Crippen molar-refractivity contribution < 1.29 is 9.53 Å². The van der Waals surface area contributed by atoms with Crippen LogP contribution in [0.3, 0.4) is 0 Å². The van der Waals surface area contributed by atoms with Gasteiger partial charge in [-0.3, -0.25) is 4.79 Å². The molecule has 0 aliphatic carbocycles. The molecule has 6 heteroatoms. The summed E-state index contributed by atoms with van der Waals surface area (Å²) in [6, 6.07) is 7.14. The summed E-state index contributed by atoms with van der Waals surface area (Å²) in [4.78, 5) is 11.7. The highest BCUT2D eigenvalue weighted by Gasteiger charge is 2.21. The highest BCUT2D eigenvalue weighted by atomic mass is 35.5. The Kier molecular flexibility index (Phi) is 8.90. The first-order chi connectivity index (χ1) is 9.34. The molecule has 1 aromatic carbocycles. The fourth-order valence-electron chi connectivity index (χ4n) is 1.97. The van der Waals surface area contributed by atoms with Gasteiger partial charge in [0, 0.05) is 18.7 Å². The molecule has 0 saturated carbocycles. The molecular weight excluding hydrogens is 311 g/mol. The van der Waals surface area contributed by atoms with E-state index in [2.05, 4.69) is 19.2 Å². The van der Waals surface area contributed by atoms with Gasteiger partial charge in [-0.05, 0) is 29.5 Å². The van der Waals surface area contributed by atoms with Crippen LogP contribution in [0.2, 0.25) is 5.02 Å². The van der Waals surface area contributed by atoms with Crippen LogP contribution in [-0.2, 0) is 16.0 Å². The van der Waals surface area contributed by atoms with Crippen LogP contribution in [-0.4, -0.2) is 32.2 Å². The summed E-state index contributed by atoms with van der Waals surface area (Å²) in [7, 11) is 1.52. The van der Waals surface area contributed by atoms with E-state index >= 15 is 0 Å². The molecule has 0 spiro atoms. The summed E-state index contributed by atoms with van der Waals surface area (Å²) in [5, 5.41) is 3.59. The van der Waals surface area contributed by atoms with E-state index in [1.54, 1.807) is 0 Å². The normalized spacial score (nSPS) is 12.4. The monoisotopic (exact) mass is 334 g/mol. The van der Waals surface area contributed by atoms with Crippen molar-refractivity contribution in [3.05, 3.63) is 34.9 Å². The maximum atomic E-state index is 11.7. The quantitative estimate of drug-likeness (QED) is 0.804. The zero-order valence-corrected chi connectivity index (χ0v) is 14.3. The van der Waals surface area contributed by atoms with Crippen molar-refractivity contribution in [1.29, 1.82) is 0 Å². The van der Waals surface area contributed by atoms with E-state index in [4.69, 9.17) is 22.1 Å². The predicted octanol–water partition coefficient (Wildman–Crippen LogP) is 2.42. The molecule has 0 aliphatic heterocycles. The van der Waals surface area contributed by atoms with Gasteiger partial charge < -0.3 is 15.8 Å². The Labute approximate surface area is 137 Å². The number of hydrogen-bond acceptors (Lipinski definition) is 3. The zero-order valence-electron chi connectivity index (χ0n) is 12.7. The minimum absolute atomic E-state index is 0. The number of carbonyl (C=O) groups excluding carboxylic acids is 1. The van der Waals surface area contributed by atoms with E-state index in [0.717, 1.165) is 17.0 Å². The Morgan fingerprint density at radius 2 is 2.14 bits per heavy atom. The van der Waals surface area contributed by atoms with Gasteiger partial charge in [0.05, 0.1) is 6.61 Å². The van der Waals surface area contributed by atoms with Crippen LogP contribution in [0.25, 0.3) is 0 Å². The van der Waals surface area contributed by atoms with Crippen molar-refractivity contribution in [2.45, 2.75) is 26.3 Å². The Morgan fingerprint density at radius 3 is 2.71 bits per heavy atom. The van der Waals surface area contributed by atoms with Crippen LogP contribution in [0.5, 0.6) is 0 Å². The molecule has 0 saturated heterocycles. The number of amides is 1. The number of hydrogen-bond donors (Lipinski definition) is 2. The van der Waals surface area contributed by atoms with Gasteiger partial charge in [-0.15, -0.1) is 12.4 Å². The number of rotatable bonds is 7. The van der Waals surface area contributed by atoms with Gasteiger partial charge in [0.2, 0.25) is 5.91 Å². The lowest BCUT2D eigenvalue weighted by atomic mass is 9.85. The lowest BCUT2D eigenvalue weighted by Gasteiger charge is -2.26. The number of methoxy groups -OCH3 is 1. The number of nitrogens with one attached hydrogen (secondary N) is 1. The van der Waals surface area contributed by atoms with Gasteiger partial charge in [-0.25, -0.2) is 0 Å². The molecule has 4 nitrogen and oxygen atoms in total. The van der Waals surface area contributed by atoms with Crippen LogP contribution >= 0.6 is 24.0 Å². The Balaban J connectivity index is 0.00000400. The number of benzene rings is 1. The average molecular weight is 335 g/mol. The predicted molar refractivity (Wildman–Crippen MR) is 89.0 cm³/mol. The summed E-state index contributed by atoms with van der Waals surface area (Å²) in [6.07, 6.45) is 0.827. The van der Waals surface area contributed by atoms with E-state index in [9.17, 15) is 4.79 Å². The number of carbonyl (C=O) groups is 1. The Morgan fingerprint density at radius 1 is 1.48 bits per heavy atom. The molecule has 1 rings (SSSR count). The molecule has 0 heterocycles. The molecule has 3 N–H and O–H groups in total. The minimum Gasteiger partial charge on any atom is -0.383 e. The molecule has 1 atom stereocenters. The van der Waals surface area contributed by atoms with Crippen molar-refractivity contribution in [2.24, 2.45) is 11.1 Å². The summed E-state index contributed by atoms with van der Waals surface area (Å²) < 4.78 is 4.87. The van der Waals surface area contributed by atoms with E-state index in [-0.39, 0.29) is 30.3 Å². The molecule has 1 unspecified atom stereocenters. The second-order valence-corrected chi connectivity index (χ2v) is 6.19. The van der Waals surface area contributed by atoms with Gasteiger partial charge in [0.15, 0.2) is 0 Å². The topological polar surface area (TPSA) is 64.3 Å².